The highest BCUT2D eigenvalue weighted by Crippen LogP contribution is 2.35. The lowest BCUT2D eigenvalue weighted by Crippen LogP contribution is -2.39. The van der Waals surface area contributed by atoms with Gasteiger partial charge in [-0.15, -0.1) is 0 Å². The number of ether oxygens (including phenoxy) is 1. The summed E-state index contributed by atoms with van der Waals surface area (Å²) in [6.07, 6.45) is 2.91. The van der Waals surface area contributed by atoms with Crippen molar-refractivity contribution in [3.05, 3.63) is 106 Å². The Labute approximate surface area is 244 Å². The number of likely N-dealkylation sites (tertiary alicyclic amines) is 1. The molecule has 0 radical (unpaired) electrons. The maximum Gasteiger partial charge on any atom is 0.322 e. The minimum atomic E-state index is -0.608. The second kappa shape index (κ2) is 11.7. The van der Waals surface area contributed by atoms with Crippen molar-refractivity contribution in [1.29, 1.82) is 0 Å². The lowest BCUT2D eigenvalue weighted by molar-refractivity contribution is 0.0998. The van der Waals surface area contributed by atoms with Crippen LogP contribution in [0.4, 0.5) is 10.5 Å². The number of anilines is 1. The van der Waals surface area contributed by atoms with Gasteiger partial charge in [-0.05, 0) is 68.4 Å². The first-order chi connectivity index (χ1) is 20.0. The monoisotopic (exact) mass is 569 g/mol. The zero-order valence-corrected chi connectivity index (χ0v) is 23.4. The Bertz CT molecular complexity index is 1570. The van der Waals surface area contributed by atoms with Gasteiger partial charge in [0, 0.05) is 47.7 Å². The van der Waals surface area contributed by atoms with Crippen molar-refractivity contribution in [2.24, 2.45) is 5.73 Å². The van der Waals surface area contributed by atoms with Crippen molar-refractivity contribution in [3.8, 4) is 17.2 Å². The number of hydrogen-bond acceptors (Lipinski definition) is 4. The number of amides is 3. The number of benzene rings is 3. The summed E-state index contributed by atoms with van der Waals surface area (Å²) in [7, 11) is 0. The fourth-order valence-electron chi connectivity index (χ4n) is 5.73. The van der Waals surface area contributed by atoms with Gasteiger partial charge in [0.05, 0.1) is 12.1 Å². The van der Waals surface area contributed by atoms with Gasteiger partial charge in [0.15, 0.2) is 0 Å². The Morgan fingerprint density at radius 3 is 2.34 bits per heavy atom. The normalized spacial score (nSPS) is 15.0. The van der Waals surface area contributed by atoms with E-state index in [4.69, 9.17) is 22.1 Å². The van der Waals surface area contributed by atoms with Gasteiger partial charge in [-0.3, -0.25) is 9.69 Å². The Balaban J connectivity index is 1.24. The number of primary amides is 1. The van der Waals surface area contributed by atoms with Crippen LogP contribution in [-0.2, 0) is 19.5 Å². The molecule has 1 saturated heterocycles. The molecule has 0 bridgehead atoms. The van der Waals surface area contributed by atoms with Crippen LogP contribution in [0, 0.1) is 0 Å². The zero-order chi connectivity index (χ0) is 28.3. The predicted molar refractivity (Wildman–Crippen MR) is 160 cm³/mol. The van der Waals surface area contributed by atoms with E-state index in [1.54, 1.807) is 4.90 Å². The van der Waals surface area contributed by atoms with Gasteiger partial charge in [0.2, 0.25) is 0 Å². The molecule has 0 atom stereocenters. The van der Waals surface area contributed by atoms with E-state index in [1.165, 1.54) is 12.8 Å². The van der Waals surface area contributed by atoms with Gasteiger partial charge in [0.25, 0.3) is 5.91 Å². The molecule has 3 amide bonds. The van der Waals surface area contributed by atoms with Gasteiger partial charge < -0.3 is 25.3 Å². The van der Waals surface area contributed by atoms with E-state index >= 15 is 0 Å². The predicted octanol–water partition coefficient (Wildman–Crippen LogP) is 6.21. The molecule has 1 aromatic heterocycles. The Kier molecular flexibility index (Phi) is 7.67. The number of nitrogens with zero attached hydrogens (tertiary/aromatic N) is 3. The van der Waals surface area contributed by atoms with Crippen LogP contribution in [0.1, 0.15) is 40.0 Å². The third kappa shape index (κ3) is 5.66. The number of nitrogens with two attached hydrogens (primary N) is 1. The van der Waals surface area contributed by atoms with Crippen molar-refractivity contribution < 1.29 is 14.3 Å². The van der Waals surface area contributed by atoms with E-state index in [1.807, 2.05) is 83.4 Å². The summed E-state index contributed by atoms with van der Waals surface area (Å²) in [5.41, 5.74) is 10.2. The molecule has 3 aromatic carbocycles. The van der Waals surface area contributed by atoms with E-state index < -0.39 is 5.91 Å². The molecule has 210 valence electrons. The van der Waals surface area contributed by atoms with Crippen LogP contribution >= 0.6 is 11.6 Å². The maximum absolute atomic E-state index is 13.5. The molecule has 6 rings (SSSR count). The van der Waals surface area contributed by atoms with Gasteiger partial charge in [-0.25, -0.2) is 4.79 Å². The maximum atomic E-state index is 13.5. The van der Waals surface area contributed by atoms with E-state index in [9.17, 15) is 9.59 Å². The largest absolute Gasteiger partial charge is 0.457 e. The van der Waals surface area contributed by atoms with Crippen LogP contribution in [0.2, 0.25) is 5.15 Å². The molecular formula is C32H32ClN5O3. The fraction of sp³-hybridized carbons (Fsp3) is 0.250. The quantitative estimate of drug-likeness (QED) is 0.277. The van der Waals surface area contributed by atoms with Crippen molar-refractivity contribution in [3.63, 3.8) is 0 Å². The topological polar surface area (TPSA) is 92.8 Å². The Morgan fingerprint density at radius 2 is 1.63 bits per heavy atom. The standard InChI is InChI=1S/C32H32ClN5O3/c33-30-29(31(34)39)26-21-37(18-15-27(26)38(30)24-9-3-1-4-10-24)32(40)35-23-13-14-28(41-25-11-5-2-6-12-25)22(19-23)20-36-16-7-8-17-36/h1-6,9-14,19H,7-8,15-18,20-21H2,(H2,34,39)(H,35,40). The summed E-state index contributed by atoms with van der Waals surface area (Å²) >= 11 is 6.69. The Morgan fingerprint density at radius 1 is 0.927 bits per heavy atom. The molecule has 1 fully saturated rings. The van der Waals surface area contributed by atoms with Crippen LogP contribution < -0.4 is 15.8 Å². The van der Waals surface area contributed by atoms with E-state index in [0.29, 0.717) is 24.2 Å². The van der Waals surface area contributed by atoms with Gasteiger partial charge in [-0.1, -0.05) is 48.0 Å². The van der Waals surface area contributed by atoms with Crippen LogP contribution in [0.15, 0.2) is 78.9 Å². The van der Waals surface area contributed by atoms with Crippen molar-refractivity contribution >= 4 is 29.2 Å². The number of hydrogen-bond donors (Lipinski definition) is 2. The number of fused-ring (bicyclic) bond motifs is 1. The highest BCUT2D eigenvalue weighted by Gasteiger charge is 2.32. The minimum absolute atomic E-state index is 0.231. The third-order valence-electron chi connectivity index (χ3n) is 7.71. The first-order valence-corrected chi connectivity index (χ1v) is 14.3. The van der Waals surface area contributed by atoms with Gasteiger partial charge in [0.1, 0.15) is 16.7 Å². The second-order valence-corrected chi connectivity index (χ2v) is 10.8. The lowest BCUT2D eigenvalue weighted by Gasteiger charge is -2.29. The summed E-state index contributed by atoms with van der Waals surface area (Å²) in [4.78, 5) is 30.0. The third-order valence-corrected chi connectivity index (χ3v) is 8.07. The average molecular weight is 570 g/mol. The van der Waals surface area contributed by atoms with E-state index in [0.717, 1.165) is 48.1 Å². The number of urea groups is 1. The SMILES string of the molecule is NC(=O)c1c2c(n(-c3ccccc3)c1Cl)CCN(C(=O)Nc1ccc(Oc3ccccc3)c(CN3CCCC3)c1)C2. The molecule has 0 unspecified atom stereocenters. The minimum Gasteiger partial charge on any atom is -0.457 e. The highest BCUT2D eigenvalue weighted by molar-refractivity contribution is 6.33. The molecule has 3 N–H and O–H groups in total. The molecule has 0 spiro atoms. The molecule has 3 heterocycles. The number of nitrogens with one attached hydrogen (secondary N) is 1. The molecule has 0 aliphatic carbocycles. The summed E-state index contributed by atoms with van der Waals surface area (Å²) in [5, 5.41) is 3.33. The molecule has 2 aliphatic heterocycles. The molecular weight excluding hydrogens is 538 g/mol. The Hall–Kier alpha value is -4.27. The summed E-state index contributed by atoms with van der Waals surface area (Å²) in [5.74, 6) is 0.929. The van der Waals surface area contributed by atoms with Crippen molar-refractivity contribution in [2.45, 2.75) is 32.4 Å². The lowest BCUT2D eigenvalue weighted by atomic mass is 10.0. The van der Waals surface area contributed by atoms with Crippen molar-refractivity contribution in [1.82, 2.24) is 14.4 Å². The number of rotatable bonds is 7. The first-order valence-electron chi connectivity index (χ1n) is 13.9. The first kappa shape index (κ1) is 26.9. The second-order valence-electron chi connectivity index (χ2n) is 10.4. The van der Waals surface area contributed by atoms with E-state index in [2.05, 4.69) is 10.2 Å². The van der Waals surface area contributed by atoms with Crippen LogP contribution in [0.5, 0.6) is 11.5 Å². The van der Waals surface area contributed by atoms with Crippen LogP contribution in [0.3, 0.4) is 0 Å². The van der Waals surface area contributed by atoms with E-state index in [-0.39, 0.29) is 23.3 Å². The van der Waals surface area contributed by atoms with Crippen LogP contribution in [-0.4, -0.2) is 45.9 Å². The van der Waals surface area contributed by atoms with Crippen LogP contribution in [0.25, 0.3) is 5.69 Å². The fourth-order valence-corrected chi connectivity index (χ4v) is 6.13. The number of aromatic nitrogens is 1. The highest BCUT2D eigenvalue weighted by atomic mass is 35.5. The number of carbonyl (C=O) groups excluding carboxylic acids is 2. The smallest absolute Gasteiger partial charge is 0.322 e. The number of halogens is 1. The average Bonchev–Trinajstić information content (AvgIpc) is 3.60. The summed E-state index contributed by atoms with van der Waals surface area (Å²) in [6, 6.07) is 24.8. The zero-order valence-electron chi connectivity index (χ0n) is 22.7. The molecule has 2 aliphatic rings. The summed E-state index contributed by atoms with van der Waals surface area (Å²) in [6.45, 7) is 3.54. The van der Waals surface area contributed by atoms with Crippen molar-refractivity contribution in [2.75, 3.05) is 25.0 Å². The van der Waals surface area contributed by atoms with Gasteiger partial charge >= 0.3 is 6.03 Å². The molecule has 4 aromatic rings. The molecule has 9 heteroatoms. The molecule has 41 heavy (non-hydrogen) atoms. The molecule has 0 saturated carbocycles. The number of carbonyl (C=O) groups is 2. The number of para-hydroxylation sites is 2. The summed E-state index contributed by atoms with van der Waals surface area (Å²) < 4.78 is 8.08. The molecule has 8 nitrogen and oxygen atoms in total. The van der Waals surface area contributed by atoms with Gasteiger partial charge in [-0.2, -0.15) is 0 Å².